The molecular formula is C49H57Cl3N6O4S2. The van der Waals surface area contributed by atoms with Gasteiger partial charge in [0.25, 0.3) is 0 Å². The molecule has 0 saturated carbocycles. The molecule has 5 aromatic carbocycles. The van der Waals surface area contributed by atoms with Gasteiger partial charge < -0.3 is 25.1 Å². The van der Waals surface area contributed by atoms with Crippen molar-refractivity contribution in [3.05, 3.63) is 156 Å². The fourth-order valence-corrected chi connectivity index (χ4v) is 11.1. The highest BCUT2D eigenvalue weighted by molar-refractivity contribution is 7.92. The van der Waals surface area contributed by atoms with Crippen LogP contribution in [0.1, 0.15) is 16.7 Å². The van der Waals surface area contributed by atoms with Gasteiger partial charge in [0, 0.05) is 107 Å². The Labute approximate surface area is 394 Å². The van der Waals surface area contributed by atoms with Gasteiger partial charge in [-0.05, 0) is 53.8 Å². The van der Waals surface area contributed by atoms with Gasteiger partial charge in [-0.3, -0.25) is 4.90 Å². The number of para-hydroxylation sites is 2. The zero-order chi connectivity index (χ0) is 44.1. The van der Waals surface area contributed by atoms with Crippen molar-refractivity contribution in [2.45, 2.75) is 39.0 Å². The first-order valence-electron chi connectivity index (χ1n) is 21.5. The Balaban J connectivity index is 0.000000198. The number of halogens is 3. The number of piperazine rings is 2. The predicted molar refractivity (Wildman–Crippen MR) is 264 cm³/mol. The van der Waals surface area contributed by atoms with Crippen molar-refractivity contribution in [2.75, 3.05) is 77.2 Å². The fraction of sp³-hybridized carbons (Fsp3) is 0.306. The van der Waals surface area contributed by atoms with E-state index in [0.29, 0.717) is 31.3 Å². The van der Waals surface area contributed by atoms with E-state index >= 15 is 0 Å². The molecule has 9 rings (SSSR count). The van der Waals surface area contributed by atoms with Gasteiger partial charge in [0.1, 0.15) is 0 Å². The lowest BCUT2D eigenvalue weighted by atomic mass is 10.1. The highest BCUT2D eigenvalue weighted by atomic mass is 35.5. The minimum Gasteiger partial charge on any atom is -0.360 e. The van der Waals surface area contributed by atoms with Crippen LogP contribution in [0.3, 0.4) is 0 Å². The maximum absolute atomic E-state index is 13.2. The number of aromatic amines is 2. The predicted octanol–water partition coefficient (Wildman–Crippen LogP) is 8.70. The third-order valence-corrected chi connectivity index (χ3v) is 15.8. The molecule has 2 aliphatic heterocycles. The van der Waals surface area contributed by atoms with Crippen LogP contribution in [0.5, 0.6) is 0 Å². The zero-order valence-corrected chi connectivity index (χ0v) is 39.8. The summed E-state index contributed by atoms with van der Waals surface area (Å²) in [5, 5.41) is 4.90. The van der Waals surface area contributed by atoms with Gasteiger partial charge in [-0.15, -0.1) is 35.6 Å². The first kappa shape index (κ1) is 49.2. The monoisotopic (exact) mass is 962 g/mol. The third-order valence-electron chi connectivity index (χ3n) is 11.6. The third kappa shape index (κ3) is 12.4. The van der Waals surface area contributed by atoms with Gasteiger partial charge in [0.2, 0.25) is 19.7 Å². The van der Waals surface area contributed by atoms with Gasteiger partial charge in [-0.2, -0.15) is 0 Å². The van der Waals surface area contributed by atoms with Crippen LogP contribution in [0, 0.1) is 0 Å². The lowest BCUT2D eigenvalue weighted by molar-refractivity contribution is 0.128. The molecule has 0 radical (unpaired) electrons. The fourth-order valence-electron chi connectivity index (χ4n) is 8.20. The largest absolute Gasteiger partial charge is 0.360 e. The second-order valence-corrected chi connectivity index (χ2v) is 20.3. The average Bonchev–Trinajstić information content (AvgIpc) is 3.99. The molecule has 3 N–H and O–H groups in total. The van der Waals surface area contributed by atoms with Crippen molar-refractivity contribution >= 4 is 77.1 Å². The number of benzene rings is 5. The molecule has 0 aliphatic carbocycles. The van der Waals surface area contributed by atoms with Gasteiger partial charge in [0.15, 0.2) is 0 Å². The summed E-state index contributed by atoms with van der Waals surface area (Å²) in [6.45, 7) is 11.4. The Bertz CT molecular complexity index is 2720. The SMILES string of the molecule is Cl.ClCCCl.O=S(=O)(c1ccccc1)c1c[nH]c2c(CCN3CCN(Cc4ccccc4)CC3)cccc12.O=S(=O)(c1ccccc1)c1c[nH]c2c(CCN3CCNCC3)cccc12. The van der Waals surface area contributed by atoms with Crippen molar-refractivity contribution in [1.29, 1.82) is 0 Å². The number of aromatic nitrogens is 2. The van der Waals surface area contributed by atoms with E-state index in [1.54, 1.807) is 60.9 Å². The molecule has 7 aromatic rings. The number of sulfone groups is 2. The molecule has 15 heteroatoms. The Kier molecular flexibility index (Phi) is 18.3. The molecule has 0 spiro atoms. The van der Waals surface area contributed by atoms with Crippen LogP contribution in [0.15, 0.2) is 159 Å². The van der Waals surface area contributed by atoms with Crippen molar-refractivity contribution in [3.63, 3.8) is 0 Å². The maximum atomic E-state index is 13.2. The van der Waals surface area contributed by atoms with Crippen LogP contribution in [-0.2, 0) is 39.1 Å². The summed E-state index contributed by atoms with van der Waals surface area (Å²) in [6, 6.07) is 39.8. The Morgan fingerprint density at radius 2 is 0.891 bits per heavy atom. The maximum Gasteiger partial charge on any atom is 0.208 e. The summed E-state index contributed by atoms with van der Waals surface area (Å²) < 4.78 is 52.3. The molecule has 2 aliphatic rings. The van der Waals surface area contributed by atoms with Gasteiger partial charge in [0.05, 0.1) is 30.6 Å². The summed E-state index contributed by atoms with van der Waals surface area (Å²) in [5.74, 6) is 1.11. The van der Waals surface area contributed by atoms with Gasteiger partial charge in [-0.25, -0.2) is 16.8 Å². The molecule has 2 aromatic heterocycles. The first-order valence-corrected chi connectivity index (χ1v) is 25.5. The standard InChI is InChI=1S/C27H29N3O2S.C20H23N3O2S.C2H4Cl2.ClH/c31-33(32,24-11-5-2-6-12-24)26-20-28-27-23(10-7-13-25(26)27)14-15-29-16-18-30(19-17-29)21-22-8-3-1-4-9-22;24-26(25,17-6-2-1-3-7-17)19-15-22-20-16(5-4-8-18(19)20)9-12-23-13-10-21-11-14-23;3-1-2-4;/h1-13,20,28H,14-19,21H2;1-8,15,21-22H,9-14H2;1-2H2;1H. The van der Waals surface area contributed by atoms with Gasteiger partial charge >= 0.3 is 0 Å². The van der Waals surface area contributed by atoms with Crippen LogP contribution in [0.25, 0.3) is 21.8 Å². The molecule has 340 valence electrons. The topological polar surface area (TPSA) is 122 Å². The molecule has 0 atom stereocenters. The molecule has 10 nitrogen and oxygen atoms in total. The molecule has 4 heterocycles. The van der Waals surface area contributed by atoms with Crippen LogP contribution in [0.4, 0.5) is 0 Å². The van der Waals surface area contributed by atoms with Gasteiger partial charge in [-0.1, -0.05) is 103 Å². The number of hydrogen-bond acceptors (Lipinski definition) is 8. The molecule has 2 saturated heterocycles. The second kappa shape index (κ2) is 23.8. The van der Waals surface area contributed by atoms with E-state index in [4.69, 9.17) is 23.2 Å². The molecule has 0 amide bonds. The Hall–Kier alpha value is -4.21. The lowest BCUT2D eigenvalue weighted by Crippen LogP contribution is -2.46. The summed E-state index contributed by atoms with van der Waals surface area (Å²) in [5.41, 5.74) is 5.54. The average molecular weight is 965 g/mol. The lowest BCUT2D eigenvalue weighted by Gasteiger charge is -2.34. The highest BCUT2D eigenvalue weighted by Gasteiger charge is 2.24. The number of nitrogens with one attached hydrogen (secondary N) is 3. The van der Waals surface area contributed by atoms with Crippen LogP contribution >= 0.6 is 35.6 Å². The Morgan fingerprint density at radius 3 is 1.33 bits per heavy atom. The molecule has 2 fully saturated rings. The molecule has 64 heavy (non-hydrogen) atoms. The number of hydrogen-bond donors (Lipinski definition) is 3. The summed E-state index contributed by atoms with van der Waals surface area (Å²) in [7, 11) is -7.08. The van der Waals surface area contributed by atoms with E-state index in [9.17, 15) is 16.8 Å². The Morgan fingerprint density at radius 1 is 0.484 bits per heavy atom. The van der Waals surface area contributed by atoms with E-state index in [1.807, 2.05) is 36.4 Å². The summed E-state index contributed by atoms with van der Waals surface area (Å²) in [6.07, 6.45) is 5.06. The van der Waals surface area contributed by atoms with Crippen molar-refractivity contribution in [3.8, 4) is 0 Å². The molecule has 0 bridgehead atoms. The second-order valence-electron chi connectivity index (χ2n) is 15.7. The number of rotatable bonds is 13. The van der Waals surface area contributed by atoms with E-state index in [-0.39, 0.29) is 12.4 Å². The smallest absolute Gasteiger partial charge is 0.208 e. The van der Waals surface area contributed by atoms with Crippen LogP contribution in [0.2, 0.25) is 0 Å². The first-order chi connectivity index (χ1) is 30.7. The highest BCUT2D eigenvalue weighted by Crippen LogP contribution is 2.32. The van der Waals surface area contributed by atoms with E-state index in [2.05, 4.69) is 72.4 Å². The number of alkyl halides is 2. The van der Waals surface area contributed by atoms with Crippen LogP contribution in [-0.4, -0.2) is 119 Å². The van der Waals surface area contributed by atoms with Crippen LogP contribution < -0.4 is 5.32 Å². The normalized spacial score (nSPS) is 15.2. The van der Waals surface area contributed by atoms with E-state index in [1.165, 1.54) is 5.56 Å². The number of H-pyrrole nitrogens is 2. The molecule has 0 unspecified atom stereocenters. The number of fused-ring (bicyclic) bond motifs is 2. The number of nitrogens with zero attached hydrogens (tertiary/aromatic N) is 3. The van der Waals surface area contributed by atoms with Crippen molar-refractivity contribution in [1.82, 2.24) is 30.0 Å². The van der Waals surface area contributed by atoms with E-state index < -0.39 is 19.7 Å². The minimum atomic E-state index is -3.55. The minimum absolute atomic E-state index is 0. The zero-order valence-electron chi connectivity index (χ0n) is 35.8. The summed E-state index contributed by atoms with van der Waals surface area (Å²) >= 11 is 10.1. The molecular weight excluding hydrogens is 907 g/mol. The van der Waals surface area contributed by atoms with E-state index in [0.717, 1.165) is 118 Å². The van der Waals surface area contributed by atoms with Crippen molar-refractivity contribution < 1.29 is 16.8 Å². The van der Waals surface area contributed by atoms with Crippen molar-refractivity contribution in [2.24, 2.45) is 0 Å². The summed E-state index contributed by atoms with van der Waals surface area (Å²) in [4.78, 5) is 15.3. The quantitative estimate of drug-likeness (QED) is 0.0983.